The van der Waals surface area contributed by atoms with Crippen molar-refractivity contribution in [3.63, 3.8) is 0 Å². The molecular formula is C26H40N4O7. The van der Waals surface area contributed by atoms with Crippen LogP contribution in [0.1, 0.15) is 53.5 Å². The predicted octanol–water partition coefficient (Wildman–Crippen LogP) is 2.63. The molecule has 0 spiro atoms. The summed E-state index contributed by atoms with van der Waals surface area (Å²) < 4.78 is 10.5. The summed E-state index contributed by atoms with van der Waals surface area (Å²) in [5.41, 5.74) is 0.543. The maximum Gasteiger partial charge on any atom is 0.410 e. The number of carbonyl (C=O) groups is 4. The van der Waals surface area contributed by atoms with Gasteiger partial charge in [0, 0.05) is 31.3 Å². The third-order valence-corrected chi connectivity index (χ3v) is 5.86. The Hall–Kier alpha value is -3.34. The van der Waals surface area contributed by atoms with E-state index < -0.39 is 41.7 Å². The Morgan fingerprint density at radius 1 is 1.05 bits per heavy atom. The van der Waals surface area contributed by atoms with E-state index in [9.17, 15) is 19.2 Å². The van der Waals surface area contributed by atoms with Crippen molar-refractivity contribution >= 4 is 29.7 Å². The van der Waals surface area contributed by atoms with Crippen molar-refractivity contribution in [3.8, 4) is 0 Å². The number of ether oxygens (including phenoxy) is 2. The fourth-order valence-corrected chi connectivity index (χ4v) is 3.56. The Bertz CT molecular complexity index is 959. The first-order chi connectivity index (χ1) is 17.2. The van der Waals surface area contributed by atoms with Crippen LogP contribution in [0.25, 0.3) is 0 Å². The van der Waals surface area contributed by atoms with Gasteiger partial charge in [0.15, 0.2) is 0 Å². The monoisotopic (exact) mass is 520 g/mol. The zero-order valence-electron chi connectivity index (χ0n) is 22.7. The Balaban J connectivity index is 1.83. The van der Waals surface area contributed by atoms with Crippen LogP contribution in [0.2, 0.25) is 0 Å². The van der Waals surface area contributed by atoms with Crippen molar-refractivity contribution in [3.05, 3.63) is 29.8 Å². The lowest BCUT2D eigenvalue weighted by Crippen LogP contribution is -2.54. The van der Waals surface area contributed by atoms with Crippen LogP contribution in [-0.2, 0) is 25.7 Å². The van der Waals surface area contributed by atoms with Gasteiger partial charge in [-0.3, -0.25) is 9.59 Å². The van der Waals surface area contributed by atoms with Crippen molar-refractivity contribution in [2.45, 2.75) is 78.3 Å². The van der Waals surface area contributed by atoms with E-state index in [2.05, 4.69) is 16.0 Å². The van der Waals surface area contributed by atoms with Gasteiger partial charge in [-0.05, 0) is 57.7 Å². The molecule has 0 heterocycles. The average Bonchev–Trinajstić information content (AvgIpc) is 3.59. The molecule has 4 amide bonds. The van der Waals surface area contributed by atoms with Crippen LogP contribution in [-0.4, -0.2) is 71.4 Å². The number of nitrogens with one attached hydrogen (secondary N) is 3. The second-order valence-corrected chi connectivity index (χ2v) is 10.7. The number of rotatable bonds is 10. The minimum absolute atomic E-state index is 0.0153. The van der Waals surface area contributed by atoms with Crippen LogP contribution in [0.4, 0.5) is 15.3 Å². The SMILES string of the molecule is CC(C)[C@H](NC(=O)OC(C)(C)C)C(=O)N[C@@H](C)C(=O)Nc1ccc(COC(=O)N(C)[C@@H]2CC2CO)cc1. The molecule has 1 aliphatic carbocycles. The fourth-order valence-electron chi connectivity index (χ4n) is 3.56. The molecule has 1 aliphatic rings. The molecule has 1 aromatic rings. The topological polar surface area (TPSA) is 146 Å². The molecule has 2 rings (SSSR count). The van der Waals surface area contributed by atoms with Crippen molar-refractivity contribution in [2.75, 3.05) is 19.0 Å². The third-order valence-electron chi connectivity index (χ3n) is 5.86. The highest BCUT2D eigenvalue weighted by molar-refractivity contribution is 5.98. The average molecular weight is 521 g/mol. The van der Waals surface area contributed by atoms with Gasteiger partial charge >= 0.3 is 12.2 Å². The molecule has 0 aliphatic heterocycles. The molecular weight excluding hydrogens is 480 g/mol. The van der Waals surface area contributed by atoms with Crippen molar-refractivity contribution < 1.29 is 33.8 Å². The zero-order chi connectivity index (χ0) is 27.9. The van der Waals surface area contributed by atoms with Crippen LogP contribution in [0.5, 0.6) is 0 Å². The fraction of sp³-hybridized carbons (Fsp3) is 0.615. The number of anilines is 1. The number of alkyl carbamates (subject to hydrolysis) is 1. The third kappa shape index (κ3) is 9.56. The summed E-state index contributed by atoms with van der Waals surface area (Å²) in [6.45, 7) is 10.4. The zero-order valence-corrected chi connectivity index (χ0v) is 22.7. The molecule has 11 heteroatoms. The standard InChI is InChI=1S/C26H40N4O7/c1-15(2)21(29-24(34)37-26(4,5)6)23(33)27-16(3)22(32)28-19-10-8-17(9-11-19)14-36-25(35)30(7)20-12-18(20)13-31/h8-11,15-16,18,20-21,31H,12-14H2,1-7H3,(H,27,33)(H,28,32)(H,29,34)/t16-,18?,20+,21-/m0/s1. The lowest BCUT2D eigenvalue weighted by atomic mass is 10.0. The van der Waals surface area contributed by atoms with Gasteiger partial charge in [-0.2, -0.15) is 0 Å². The number of hydrogen-bond donors (Lipinski definition) is 4. The largest absolute Gasteiger partial charge is 0.445 e. The van der Waals surface area contributed by atoms with Gasteiger partial charge in [0.05, 0.1) is 0 Å². The van der Waals surface area contributed by atoms with Gasteiger partial charge in [0.25, 0.3) is 0 Å². The first kappa shape index (κ1) is 29.9. The summed E-state index contributed by atoms with van der Waals surface area (Å²) in [4.78, 5) is 51.1. The van der Waals surface area contributed by atoms with Gasteiger partial charge < -0.3 is 35.4 Å². The molecule has 0 saturated heterocycles. The number of carbonyl (C=O) groups excluding carboxylic acids is 4. The summed E-state index contributed by atoms with van der Waals surface area (Å²) in [6, 6.07) is 5.06. The highest BCUT2D eigenvalue weighted by atomic mass is 16.6. The van der Waals surface area contributed by atoms with Crippen LogP contribution in [0, 0.1) is 11.8 Å². The van der Waals surface area contributed by atoms with E-state index in [0.717, 1.165) is 12.0 Å². The van der Waals surface area contributed by atoms with Gasteiger partial charge in [0.1, 0.15) is 24.3 Å². The van der Waals surface area contributed by atoms with Gasteiger partial charge in [0.2, 0.25) is 11.8 Å². The Morgan fingerprint density at radius 3 is 2.19 bits per heavy atom. The summed E-state index contributed by atoms with van der Waals surface area (Å²) in [6.07, 6.45) is -0.394. The molecule has 1 unspecified atom stereocenters. The smallest absolute Gasteiger partial charge is 0.410 e. The first-order valence-corrected chi connectivity index (χ1v) is 12.4. The Morgan fingerprint density at radius 2 is 1.68 bits per heavy atom. The van der Waals surface area contributed by atoms with Crippen molar-refractivity contribution in [1.29, 1.82) is 0 Å². The maximum atomic E-state index is 12.7. The molecule has 4 N–H and O–H groups in total. The lowest BCUT2D eigenvalue weighted by Gasteiger charge is -2.26. The number of nitrogens with zero attached hydrogens (tertiary/aromatic N) is 1. The van der Waals surface area contributed by atoms with E-state index in [4.69, 9.17) is 14.6 Å². The Labute approximate surface area is 218 Å². The van der Waals surface area contributed by atoms with E-state index in [1.165, 1.54) is 4.90 Å². The molecule has 0 radical (unpaired) electrons. The minimum atomic E-state index is -0.874. The minimum Gasteiger partial charge on any atom is -0.445 e. The van der Waals surface area contributed by atoms with E-state index in [1.807, 2.05) is 0 Å². The molecule has 0 aromatic heterocycles. The number of benzene rings is 1. The number of amides is 4. The molecule has 11 nitrogen and oxygen atoms in total. The second kappa shape index (κ2) is 12.8. The highest BCUT2D eigenvalue weighted by Crippen LogP contribution is 2.34. The summed E-state index contributed by atoms with van der Waals surface area (Å²) >= 11 is 0. The Kier molecular flexibility index (Phi) is 10.3. The second-order valence-electron chi connectivity index (χ2n) is 10.7. The molecule has 1 aromatic carbocycles. The molecule has 4 atom stereocenters. The van der Waals surface area contributed by atoms with Crippen molar-refractivity contribution in [2.24, 2.45) is 11.8 Å². The quantitative estimate of drug-likeness (QED) is 0.371. The normalized spacial score (nSPS) is 18.3. The number of aliphatic hydroxyl groups excluding tert-OH is 1. The lowest BCUT2D eigenvalue weighted by molar-refractivity contribution is -0.128. The highest BCUT2D eigenvalue weighted by Gasteiger charge is 2.42. The molecule has 0 bridgehead atoms. The predicted molar refractivity (Wildman–Crippen MR) is 138 cm³/mol. The summed E-state index contributed by atoms with van der Waals surface area (Å²) in [7, 11) is 1.65. The number of aliphatic hydroxyl groups is 1. The van der Waals surface area contributed by atoms with Crippen LogP contribution in [0.15, 0.2) is 24.3 Å². The summed E-state index contributed by atoms with van der Waals surface area (Å²) in [5.74, 6) is -1.05. The molecule has 1 fully saturated rings. The molecule has 37 heavy (non-hydrogen) atoms. The van der Waals surface area contributed by atoms with Crippen LogP contribution in [0.3, 0.4) is 0 Å². The first-order valence-electron chi connectivity index (χ1n) is 12.4. The van der Waals surface area contributed by atoms with Crippen molar-refractivity contribution in [1.82, 2.24) is 15.5 Å². The van der Waals surface area contributed by atoms with Crippen LogP contribution < -0.4 is 16.0 Å². The van der Waals surface area contributed by atoms with E-state index in [0.29, 0.717) is 5.69 Å². The molecule has 206 valence electrons. The van der Waals surface area contributed by atoms with E-state index in [1.54, 1.807) is 72.9 Å². The van der Waals surface area contributed by atoms with Gasteiger partial charge in [-0.15, -0.1) is 0 Å². The van der Waals surface area contributed by atoms with E-state index >= 15 is 0 Å². The number of hydrogen-bond acceptors (Lipinski definition) is 7. The van der Waals surface area contributed by atoms with Crippen LogP contribution >= 0.6 is 0 Å². The molecule has 1 saturated carbocycles. The van der Waals surface area contributed by atoms with E-state index in [-0.39, 0.29) is 31.1 Å². The van der Waals surface area contributed by atoms with Gasteiger partial charge in [-0.25, -0.2) is 9.59 Å². The summed E-state index contributed by atoms with van der Waals surface area (Å²) in [5, 5.41) is 17.1. The van der Waals surface area contributed by atoms with Gasteiger partial charge in [-0.1, -0.05) is 26.0 Å². The maximum absolute atomic E-state index is 12.7.